The van der Waals surface area contributed by atoms with Gasteiger partial charge < -0.3 is 14.8 Å². The largest absolute Gasteiger partial charge is 0.496 e. The smallest absolute Gasteiger partial charge is 0.224 e. The number of rotatable bonds is 7. The molecule has 0 unspecified atom stereocenters. The molecule has 4 nitrogen and oxygen atoms in total. The van der Waals surface area contributed by atoms with E-state index in [2.05, 4.69) is 5.32 Å². The Bertz CT molecular complexity index is 656. The molecule has 2 aromatic rings. The number of carbonyl (C=O) groups is 1. The number of nitrogens with one attached hydrogen (secondary N) is 1. The van der Waals surface area contributed by atoms with E-state index in [9.17, 15) is 9.18 Å². The third-order valence-electron chi connectivity index (χ3n) is 3.32. The fraction of sp³-hybridized carbons (Fsp3) is 0.278. The molecule has 122 valence electrons. The molecule has 0 bridgehead atoms. The molecular weight excluding hydrogens is 297 g/mol. The maximum Gasteiger partial charge on any atom is 0.224 e. The Morgan fingerprint density at radius 3 is 2.57 bits per heavy atom. The van der Waals surface area contributed by atoms with Crippen molar-refractivity contribution >= 4 is 5.91 Å². The summed E-state index contributed by atoms with van der Waals surface area (Å²) in [6.07, 6.45) is 0.254. The molecule has 0 saturated carbocycles. The monoisotopic (exact) mass is 317 g/mol. The topological polar surface area (TPSA) is 47.6 Å². The van der Waals surface area contributed by atoms with Gasteiger partial charge in [0, 0.05) is 12.1 Å². The minimum Gasteiger partial charge on any atom is -0.496 e. The van der Waals surface area contributed by atoms with Crippen LogP contribution in [0.25, 0.3) is 0 Å². The lowest BCUT2D eigenvalue weighted by atomic mass is 10.1. The third kappa shape index (κ3) is 4.98. The lowest BCUT2D eigenvalue weighted by molar-refractivity contribution is -0.120. The zero-order valence-corrected chi connectivity index (χ0v) is 13.3. The molecule has 0 spiro atoms. The van der Waals surface area contributed by atoms with Gasteiger partial charge in [-0.05, 0) is 42.8 Å². The molecule has 5 heteroatoms. The Balaban J connectivity index is 1.91. The Morgan fingerprint density at radius 1 is 1.17 bits per heavy atom. The summed E-state index contributed by atoms with van der Waals surface area (Å²) in [5, 5.41) is 2.77. The maximum atomic E-state index is 13.3. The summed E-state index contributed by atoms with van der Waals surface area (Å²) in [6, 6.07) is 11.6. The molecule has 0 atom stereocenters. The second kappa shape index (κ2) is 8.17. The average Bonchev–Trinajstić information content (AvgIpc) is 2.55. The molecule has 0 aromatic heterocycles. The van der Waals surface area contributed by atoms with Gasteiger partial charge in [0.2, 0.25) is 5.91 Å². The number of methoxy groups -OCH3 is 1. The number of ether oxygens (including phenoxy) is 2. The van der Waals surface area contributed by atoms with Crippen molar-refractivity contribution in [3.8, 4) is 11.5 Å². The number of amides is 1. The van der Waals surface area contributed by atoms with E-state index in [0.717, 1.165) is 11.3 Å². The normalized spacial score (nSPS) is 10.2. The SMILES string of the molecule is CCOc1ccc(CC(=O)NCc2cc(F)ccc2OC)cc1. The summed E-state index contributed by atoms with van der Waals surface area (Å²) in [5.74, 6) is 0.830. The average molecular weight is 317 g/mol. The maximum absolute atomic E-state index is 13.3. The van der Waals surface area contributed by atoms with Gasteiger partial charge in [0.15, 0.2) is 0 Å². The lowest BCUT2D eigenvalue weighted by Crippen LogP contribution is -2.24. The molecule has 2 rings (SSSR count). The van der Waals surface area contributed by atoms with E-state index in [-0.39, 0.29) is 24.7 Å². The predicted molar refractivity (Wildman–Crippen MR) is 86.1 cm³/mol. The highest BCUT2D eigenvalue weighted by Gasteiger charge is 2.08. The number of hydrogen-bond donors (Lipinski definition) is 1. The van der Waals surface area contributed by atoms with Crippen LogP contribution in [0.3, 0.4) is 0 Å². The van der Waals surface area contributed by atoms with Gasteiger partial charge in [-0.15, -0.1) is 0 Å². The molecule has 0 aliphatic rings. The molecule has 0 heterocycles. The van der Waals surface area contributed by atoms with E-state index < -0.39 is 0 Å². The van der Waals surface area contributed by atoms with Crippen molar-refractivity contribution in [1.29, 1.82) is 0 Å². The first-order chi connectivity index (χ1) is 11.1. The molecule has 2 aromatic carbocycles. The molecular formula is C18H20FNO3. The van der Waals surface area contributed by atoms with Crippen LogP contribution in [0.1, 0.15) is 18.1 Å². The molecule has 23 heavy (non-hydrogen) atoms. The molecule has 0 radical (unpaired) electrons. The molecule has 1 N–H and O–H groups in total. The van der Waals surface area contributed by atoms with Crippen LogP contribution in [0.4, 0.5) is 4.39 Å². The zero-order valence-electron chi connectivity index (χ0n) is 13.3. The van der Waals surface area contributed by atoms with Crippen LogP contribution in [-0.2, 0) is 17.8 Å². The first kappa shape index (κ1) is 16.8. The standard InChI is InChI=1S/C18H20FNO3/c1-3-23-16-7-4-13(5-8-16)10-18(21)20-12-14-11-15(19)6-9-17(14)22-2/h4-9,11H,3,10,12H2,1-2H3,(H,20,21). The summed E-state index contributed by atoms with van der Waals surface area (Å²) in [6.45, 7) is 2.74. The van der Waals surface area contributed by atoms with Crippen molar-refractivity contribution in [2.75, 3.05) is 13.7 Å². The summed E-state index contributed by atoms with van der Waals surface area (Å²) < 4.78 is 23.8. The number of carbonyl (C=O) groups excluding carboxylic acids is 1. The lowest BCUT2D eigenvalue weighted by Gasteiger charge is -2.10. The Labute approximate surface area is 135 Å². The van der Waals surface area contributed by atoms with E-state index in [1.807, 2.05) is 31.2 Å². The van der Waals surface area contributed by atoms with Crippen LogP contribution in [0.5, 0.6) is 11.5 Å². The van der Waals surface area contributed by atoms with Gasteiger partial charge in [-0.3, -0.25) is 4.79 Å². The van der Waals surface area contributed by atoms with Gasteiger partial charge in [-0.2, -0.15) is 0 Å². The highest BCUT2D eigenvalue weighted by atomic mass is 19.1. The van der Waals surface area contributed by atoms with Gasteiger partial charge in [-0.25, -0.2) is 4.39 Å². The minimum absolute atomic E-state index is 0.138. The molecule has 0 aliphatic carbocycles. The molecule has 1 amide bonds. The third-order valence-corrected chi connectivity index (χ3v) is 3.32. The van der Waals surface area contributed by atoms with Gasteiger partial charge in [-0.1, -0.05) is 12.1 Å². The van der Waals surface area contributed by atoms with Crippen LogP contribution in [0, 0.1) is 5.82 Å². The van der Waals surface area contributed by atoms with Crippen LogP contribution in [0.2, 0.25) is 0 Å². The highest BCUT2D eigenvalue weighted by Crippen LogP contribution is 2.19. The van der Waals surface area contributed by atoms with Crippen molar-refractivity contribution in [2.45, 2.75) is 19.9 Å². The number of halogens is 1. The molecule has 0 saturated heterocycles. The summed E-state index contributed by atoms with van der Waals surface area (Å²) in [5.41, 5.74) is 1.49. The van der Waals surface area contributed by atoms with Crippen LogP contribution >= 0.6 is 0 Å². The second-order valence-electron chi connectivity index (χ2n) is 4.99. The fourth-order valence-electron chi connectivity index (χ4n) is 2.20. The van der Waals surface area contributed by atoms with E-state index in [1.165, 1.54) is 19.2 Å². The first-order valence-electron chi connectivity index (χ1n) is 7.43. The number of benzene rings is 2. The van der Waals surface area contributed by atoms with Crippen LogP contribution in [-0.4, -0.2) is 19.6 Å². The van der Waals surface area contributed by atoms with E-state index in [4.69, 9.17) is 9.47 Å². The zero-order chi connectivity index (χ0) is 16.7. The number of hydrogen-bond acceptors (Lipinski definition) is 3. The summed E-state index contributed by atoms with van der Waals surface area (Å²) >= 11 is 0. The van der Waals surface area contributed by atoms with Gasteiger partial charge >= 0.3 is 0 Å². The van der Waals surface area contributed by atoms with Crippen molar-refractivity contribution in [3.63, 3.8) is 0 Å². The van der Waals surface area contributed by atoms with Crippen molar-refractivity contribution in [2.24, 2.45) is 0 Å². The molecule has 0 fully saturated rings. The van der Waals surface area contributed by atoms with Crippen LogP contribution in [0.15, 0.2) is 42.5 Å². The van der Waals surface area contributed by atoms with Crippen molar-refractivity contribution in [1.82, 2.24) is 5.32 Å². The van der Waals surface area contributed by atoms with Crippen molar-refractivity contribution < 1.29 is 18.7 Å². The Kier molecular flexibility index (Phi) is 5.97. The fourth-order valence-corrected chi connectivity index (χ4v) is 2.20. The van der Waals surface area contributed by atoms with E-state index >= 15 is 0 Å². The van der Waals surface area contributed by atoms with Crippen LogP contribution < -0.4 is 14.8 Å². The van der Waals surface area contributed by atoms with Gasteiger partial charge in [0.25, 0.3) is 0 Å². The Morgan fingerprint density at radius 2 is 1.91 bits per heavy atom. The quantitative estimate of drug-likeness (QED) is 0.853. The summed E-state index contributed by atoms with van der Waals surface area (Å²) in [4.78, 5) is 12.0. The van der Waals surface area contributed by atoms with E-state index in [1.54, 1.807) is 6.07 Å². The van der Waals surface area contributed by atoms with E-state index in [0.29, 0.717) is 17.9 Å². The van der Waals surface area contributed by atoms with Crippen molar-refractivity contribution in [3.05, 3.63) is 59.4 Å². The predicted octanol–water partition coefficient (Wildman–Crippen LogP) is 3.09. The highest BCUT2D eigenvalue weighted by molar-refractivity contribution is 5.78. The minimum atomic E-state index is -0.360. The Hall–Kier alpha value is -2.56. The summed E-state index contributed by atoms with van der Waals surface area (Å²) in [7, 11) is 1.51. The van der Waals surface area contributed by atoms with Gasteiger partial charge in [0.1, 0.15) is 17.3 Å². The van der Waals surface area contributed by atoms with Gasteiger partial charge in [0.05, 0.1) is 20.1 Å². The second-order valence-corrected chi connectivity index (χ2v) is 4.99. The molecule has 0 aliphatic heterocycles. The first-order valence-corrected chi connectivity index (χ1v) is 7.43.